The van der Waals surface area contributed by atoms with E-state index in [2.05, 4.69) is 37.2 Å². The van der Waals surface area contributed by atoms with Gasteiger partial charge in [-0.05, 0) is 30.6 Å². The van der Waals surface area contributed by atoms with Crippen molar-refractivity contribution in [2.45, 2.75) is 59.0 Å². The van der Waals surface area contributed by atoms with Gasteiger partial charge in [0.15, 0.2) is 0 Å². The maximum absolute atomic E-state index is 6.30. The highest BCUT2D eigenvalue weighted by Crippen LogP contribution is 2.42. The molecule has 2 N–H and O–H groups in total. The summed E-state index contributed by atoms with van der Waals surface area (Å²) in [5, 5.41) is 0. The van der Waals surface area contributed by atoms with Crippen molar-refractivity contribution in [3.63, 3.8) is 0 Å². The van der Waals surface area contributed by atoms with Crippen molar-refractivity contribution in [3.05, 3.63) is 18.2 Å². The van der Waals surface area contributed by atoms with Crippen LogP contribution in [0, 0.1) is 17.8 Å². The molecule has 4 unspecified atom stereocenters. The predicted molar refractivity (Wildman–Crippen MR) is 75.2 cm³/mol. The third kappa shape index (κ3) is 2.33. The van der Waals surface area contributed by atoms with E-state index in [1.54, 1.807) is 0 Å². The summed E-state index contributed by atoms with van der Waals surface area (Å²) in [4.78, 5) is 4.34. The molecular weight excluding hydrogens is 222 g/mol. The molecule has 1 heterocycles. The Morgan fingerprint density at radius 1 is 1.44 bits per heavy atom. The van der Waals surface area contributed by atoms with Crippen molar-refractivity contribution in [1.29, 1.82) is 0 Å². The molecule has 0 aliphatic heterocycles. The van der Waals surface area contributed by atoms with Crippen LogP contribution in [0.3, 0.4) is 0 Å². The van der Waals surface area contributed by atoms with Crippen LogP contribution in [0.1, 0.15) is 64.7 Å². The van der Waals surface area contributed by atoms with E-state index in [-0.39, 0.29) is 6.04 Å². The van der Waals surface area contributed by atoms with E-state index in [0.29, 0.717) is 12.0 Å². The first-order chi connectivity index (χ1) is 8.56. The molecule has 0 saturated heterocycles. The Labute approximate surface area is 111 Å². The van der Waals surface area contributed by atoms with Gasteiger partial charge in [-0.25, -0.2) is 4.98 Å². The van der Waals surface area contributed by atoms with Crippen molar-refractivity contribution in [1.82, 2.24) is 9.55 Å². The molecule has 3 nitrogen and oxygen atoms in total. The van der Waals surface area contributed by atoms with Gasteiger partial charge in [0.25, 0.3) is 0 Å². The van der Waals surface area contributed by atoms with E-state index in [9.17, 15) is 0 Å². The summed E-state index contributed by atoms with van der Waals surface area (Å²) < 4.78 is 2.35. The molecule has 0 radical (unpaired) electrons. The summed E-state index contributed by atoms with van der Waals surface area (Å²) in [6, 6.07) is 0.692. The lowest BCUT2D eigenvalue weighted by Gasteiger charge is -2.26. The van der Waals surface area contributed by atoms with E-state index in [1.807, 2.05) is 12.5 Å². The highest BCUT2D eigenvalue weighted by Gasteiger charge is 2.34. The quantitative estimate of drug-likeness (QED) is 0.887. The van der Waals surface area contributed by atoms with Gasteiger partial charge in [-0.15, -0.1) is 0 Å². The average molecular weight is 249 g/mol. The van der Waals surface area contributed by atoms with Gasteiger partial charge in [0.1, 0.15) is 0 Å². The molecule has 1 aliphatic carbocycles. The number of imidazole rings is 1. The second-order valence-corrected chi connectivity index (χ2v) is 6.17. The van der Waals surface area contributed by atoms with Crippen LogP contribution in [0.15, 0.2) is 12.5 Å². The fourth-order valence-corrected chi connectivity index (χ4v) is 3.38. The number of hydrogen-bond donors (Lipinski definition) is 1. The molecule has 1 aromatic rings. The number of nitrogens with two attached hydrogens (primary N) is 1. The first-order valence-electron chi connectivity index (χ1n) is 7.33. The number of rotatable bonds is 4. The van der Waals surface area contributed by atoms with Crippen LogP contribution >= 0.6 is 0 Å². The third-order valence-electron chi connectivity index (χ3n) is 4.82. The van der Waals surface area contributed by atoms with Crippen molar-refractivity contribution in [3.8, 4) is 0 Å². The minimum Gasteiger partial charge on any atom is -0.330 e. The van der Waals surface area contributed by atoms with Crippen LogP contribution in [0.2, 0.25) is 0 Å². The summed E-state index contributed by atoms with van der Waals surface area (Å²) >= 11 is 0. The molecule has 0 bridgehead atoms. The average Bonchev–Trinajstić information content (AvgIpc) is 2.93. The molecule has 1 saturated carbocycles. The van der Waals surface area contributed by atoms with Crippen molar-refractivity contribution < 1.29 is 0 Å². The third-order valence-corrected chi connectivity index (χ3v) is 4.82. The van der Waals surface area contributed by atoms with Gasteiger partial charge in [-0.1, -0.05) is 34.1 Å². The molecule has 3 heteroatoms. The highest BCUT2D eigenvalue weighted by atomic mass is 15.1. The Kier molecular flexibility index (Phi) is 4.10. The smallest absolute Gasteiger partial charge is 0.0951 e. The second kappa shape index (κ2) is 5.43. The van der Waals surface area contributed by atoms with Crippen LogP contribution in [0.4, 0.5) is 0 Å². The van der Waals surface area contributed by atoms with Gasteiger partial charge in [0.2, 0.25) is 0 Å². The van der Waals surface area contributed by atoms with Crippen LogP contribution < -0.4 is 5.73 Å². The lowest BCUT2D eigenvalue weighted by molar-refractivity contribution is 0.317. The molecule has 2 rings (SSSR count). The lowest BCUT2D eigenvalue weighted by atomic mass is 9.93. The van der Waals surface area contributed by atoms with E-state index in [0.717, 1.165) is 11.8 Å². The SMILES string of the molecule is CCC1CCC(n2cncc2C(N)C(C)C)C1C. The van der Waals surface area contributed by atoms with Gasteiger partial charge < -0.3 is 10.3 Å². The van der Waals surface area contributed by atoms with Crippen molar-refractivity contribution in [2.24, 2.45) is 23.5 Å². The molecule has 0 aromatic carbocycles. The molecule has 4 atom stereocenters. The van der Waals surface area contributed by atoms with E-state index < -0.39 is 0 Å². The topological polar surface area (TPSA) is 43.8 Å². The monoisotopic (exact) mass is 249 g/mol. The lowest BCUT2D eigenvalue weighted by Crippen LogP contribution is -2.24. The van der Waals surface area contributed by atoms with Crippen LogP contribution in [-0.4, -0.2) is 9.55 Å². The van der Waals surface area contributed by atoms with E-state index >= 15 is 0 Å². The van der Waals surface area contributed by atoms with E-state index in [1.165, 1.54) is 25.0 Å². The number of hydrogen-bond acceptors (Lipinski definition) is 2. The molecule has 1 aliphatic rings. The maximum Gasteiger partial charge on any atom is 0.0951 e. The van der Waals surface area contributed by atoms with E-state index in [4.69, 9.17) is 5.73 Å². The minimum absolute atomic E-state index is 0.0976. The first-order valence-corrected chi connectivity index (χ1v) is 7.33. The summed E-state index contributed by atoms with van der Waals surface area (Å²) in [5.41, 5.74) is 7.51. The molecule has 102 valence electrons. The Morgan fingerprint density at radius 3 is 2.72 bits per heavy atom. The Morgan fingerprint density at radius 2 is 2.17 bits per heavy atom. The zero-order valence-corrected chi connectivity index (χ0v) is 12.1. The van der Waals surface area contributed by atoms with Crippen molar-refractivity contribution >= 4 is 0 Å². The van der Waals surface area contributed by atoms with Gasteiger partial charge in [0.05, 0.1) is 12.0 Å². The fourth-order valence-electron chi connectivity index (χ4n) is 3.38. The Balaban J connectivity index is 2.22. The minimum atomic E-state index is 0.0976. The molecule has 0 spiro atoms. The largest absolute Gasteiger partial charge is 0.330 e. The van der Waals surface area contributed by atoms with Gasteiger partial charge in [-0.2, -0.15) is 0 Å². The summed E-state index contributed by atoms with van der Waals surface area (Å²) in [7, 11) is 0. The Hall–Kier alpha value is -0.830. The molecule has 1 fully saturated rings. The van der Waals surface area contributed by atoms with Crippen LogP contribution in [0.25, 0.3) is 0 Å². The van der Waals surface area contributed by atoms with Crippen LogP contribution in [-0.2, 0) is 0 Å². The molecule has 0 amide bonds. The fraction of sp³-hybridized carbons (Fsp3) is 0.800. The van der Waals surface area contributed by atoms with Gasteiger partial charge in [-0.3, -0.25) is 0 Å². The summed E-state index contributed by atoms with van der Waals surface area (Å²) in [6.07, 6.45) is 7.84. The van der Waals surface area contributed by atoms with Crippen LogP contribution in [0.5, 0.6) is 0 Å². The number of nitrogens with zero attached hydrogens (tertiary/aromatic N) is 2. The number of aromatic nitrogens is 2. The molecule has 1 aromatic heterocycles. The second-order valence-electron chi connectivity index (χ2n) is 6.17. The Bertz CT molecular complexity index is 383. The van der Waals surface area contributed by atoms with Gasteiger partial charge >= 0.3 is 0 Å². The zero-order chi connectivity index (χ0) is 13.3. The molecule has 18 heavy (non-hydrogen) atoms. The zero-order valence-electron chi connectivity index (χ0n) is 12.1. The summed E-state index contributed by atoms with van der Waals surface area (Å²) in [5.74, 6) is 2.06. The molecular formula is C15H27N3. The van der Waals surface area contributed by atoms with Crippen molar-refractivity contribution in [2.75, 3.05) is 0 Å². The van der Waals surface area contributed by atoms with Gasteiger partial charge in [0, 0.05) is 18.3 Å². The highest BCUT2D eigenvalue weighted by molar-refractivity contribution is 5.08. The normalized spacial score (nSPS) is 30.0. The maximum atomic E-state index is 6.30. The predicted octanol–water partition coefficient (Wildman–Crippen LogP) is 3.54. The first kappa shape index (κ1) is 13.6. The summed E-state index contributed by atoms with van der Waals surface area (Å²) in [6.45, 7) is 9.04. The standard InChI is InChI=1S/C15H27N3/c1-5-12-6-7-13(11(12)4)18-9-17-8-14(18)15(16)10(2)3/h8-13,15H,5-7,16H2,1-4H3.